The minimum atomic E-state index is -0.726. The van der Waals surface area contributed by atoms with E-state index >= 15 is 0 Å². The molecule has 10 heteroatoms. The Morgan fingerprint density at radius 2 is 1.85 bits per heavy atom. The number of hydrogen-bond donors (Lipinski definition) is 1. The van der Waals surface area contributed by atoms with Crippen molar-refractivity contribution in [3.05, 3.63) is 67.5 Å². The van der Waals surface area contributed by atoms with E-state index < -0.39 is 23.4 Å². The van der Waals surface area contributed by atoms with E-state index in [1.165, 1.54) is 24.3 Å². The number of halogens is 2. The number of rotatable bonds is 5. The molecule has 0 spiro atoms. The van der Waals surface area contributed by atoms with Crippen LogP contribution in [0.3, 0.4) is 0 Å². The second-order valence-corrected chi connectivity index (χ2v) is 7.18. The molecule has 1 heterocycles. The second kappa shape index (κ2) is 7.91. The Labute approximate surface area is 166 Å². The molecule has 0 fully saturated rings. The molecule has 0 radical (unpaired) electrons. The number of anilines is 1. The van der Waals surface area contributed by atoms with Crippen LogP contribution in [0.25, 0.3) is 10.1 Å². The molecule has 1 aromatic heterocycles. The van der Waals surface area contributed by atoms with Gasteiger partial charge in [0.15, 0.2) is 6.61 Å². The van der Waals surface area contributed by atoms with Crippen molar-refractivity contribution in [3.8, 4) is 0 Å². The van der Waals surface area contributed by atoms with Gasteiger partial charge in [-0.15, -0.1) is 11.3 Å². The Morgan fingerprint density at radius 3 is 2.52 bits per heavy atom. The molecule has 3 aromatic rings. The van der Waals surface area contributed by atoms with Crippen molar-refractivity contribution in [3.63, 3.8) is 0 Å². The number of esters is 1. The summed E-state index contributed by atoms with van der Waals surface area (Å²) in [6.45, 7) is -0.527. The zero-order valence-corrected chi connectivity index (χ0v) is 15.7. The summed E-state index contributed by atoms with van der Waals surface area (Å²) in [5.74, 6) is -1.31. The largest absolute Gasteiger partial charge is 0.451 e. The van der Waals surface area contributed by atoms with Gasteiger partial charge in [-0.25, -0.2) is 4.79 Å². The van der Waals surface area contributed by atoms with Crippen LogP contribution in [-0.2, 0) is 9.53 Å². The molecule has 0 aliphatic rings. The first kappa shape index (κ1) is 19.1. The molecule has 0 unspecified atom stereocenters. The molecule has 1 N–H and O–H groups in total. The lowest BCUT2D eigenvalue weighted by atomic mass is 10.2. The quantitative estimate of drug-likeness (QED) is 0.356. The third-order valence-corrected chi connectivity index (χ3v) is 5.35. The van der Waals surface area contributed by atoms with Gasteiger partial charge in [0.05, 0.1) is 9.95 Å². The van der Waals surface area contributed by atoms with Gasteiger partial charge >= 0.3 is 5.97 Å². The third kappa shape index (κ3) is 4.36. The number of benzene rings is 2. The Balaban J connectivity index is 1.62. The maximum absolute atomic E-state index is 12.2. The highest BCUT2D eigenvalue weighted by molar-refractivity contribution is 7.21. The lowest BCUT2D eigenvalue weighted by Gasteiger charge is -2.06. The first-order valence-corrected chi connectivity index (χ1v) is 9.01. The van der Waals surface area contributed by atoms with Crippen LogP contribution < -0.4 is 5.32 Å². The van der Waals surface area contributed by atoms with Gasteiger partial charge in [-0.1, -0.05) is 29.3 Å². The summed E-state index contributed by atoms with van der Waals surface area (Å²) in [5.41, 5.74) is 0.245. The van der Waals surface area contributed by atoms with Crippen LogP contribution in [0.4, 0.5) is 11.4 Å². The predicted octanol–water partition coefficient (Wildman–Crippen LogP) is 4.91. The van der Waals surface area contributed by atoms with E-state index in [1.807, 2.05) is 0 Å². The van der Waals surface area contributed by atoms with Gasteiger partial charge in [0, 0.05) is 32.9 Å². The maximum Gasteiger partial charge on any atom is 0.350 e. The second-order valence-electron chi connectivity index (χ2n) is 5.31. The highest BCUT2D eigenvalue weighted by Crippen LogP contribution is 2.37. The van der Waals surface area contributed by atoms with E-state index in [0.717, 1.165) is 16.0 Å². The van der Waals surface area contributed by atoms with Gasteiger partial charge in [-0.2, -0.15) is 0 Å². The van der Waals surface area contributed by atoms with E-state index in [9.17, 15) is 19.7 Å². The molecular weight excluding hydrogens is 415 g/mol. The Morgan fingerprint density at radius 1 is 1.15 bits per heavy atom. The van der Waals surface area contributed by atoms with Crippen LogP contribution in [0.2, 0.25) is 10.0 Å². The molecular formula is C17H10Cl2N2O5S. The van der Waals surface area contributed by atoms with E-state index in [1.54, 1.807) is 18.2 Å². The van der Waals surface area contributed by atoms with Crippen molar-refractivity contribution in [2.75, 3.05) is 11.9 Å². The number of thiophene rings is 1. The van der Waals surface area contributed by atoms with Gasteiger partial charge in [-0.05, 0) is 24.3 Å². The maximum atomic E-state index is 12.2. The van der Waals surface area contributed by atoms with Gasteiger partial charge < -0.3 is 10.1 Å². The number of nitrogens with one attached hydrogen (secondary N) is 1. The SMILES string of the molecule is O=C(COC(=O)c1sc2cc(Cl)ccc2c1Cl)Nc1ccc([N+](=O)[O-])cc1. The van der Waals surface area contributed by atoms with Crippen LogP contribution in [-0.4, -0.2) is 23.4 Å². The standard InChI is InChI=1S/C17H10Cl2N2O5S/c18-9-1-6-12-13(7-9)27-16(15(12)19)17(23)26-8-14(22)20-10-2-4-11(5-3-10)21(24)25/h1-7H,8H2,(H,20,22). The summed E-state index contributed by atoms with van der Waals surface area (Å²) in [7, 11) is 0. The number of nitrogens with zero attached hydrogens (tertiary/aromatic N) is 1. The van der Waals surface area contributed by atoms with Crippen molar-refractivity contribution >= 4 is 67.9 Å². The van der Waals surface area contributed by atoms with E-state index in [2.05, 4.69) is 5.32 Å². The summed E-state index contributed by atoms with van der Waals surface area (Å²) < 4.78 is 5.73. The predicted molar refractivity (Wildman–Crippen MR) is 104 cm³/mol. The van der Waals surface area contributed by atoms with E-state index in [4.69, 9.17) is 27.9 Å². The Hall–Kier alpha value is -2.68. The third-order valence-electron chi connectivity index (χ3n) is 3.47. The van der Waals surface area contributed by atoms with E-state index in [-0.39, 0.29) is 15.6 Å². The number of carbonyl (C=O) groups excluding carboxylic acids is 2. The van der Waals surface area contributed by atoms with Crippen LogP contribution >= 0.6 is 34.5 Å². The number of ether oxygens (including phenoxy) is 1. The minimum Gasteiger partial charge on any atom is -0.451 e. The smallest absolute Gasteiger partial charge is 0.350 e. The van der Waals surface area contributed by atoms with Gasteiger partial charge in [0.25, 0.3) is 11.6 Å². The summed E-state index contributed by atoms with van der Waals surface area (Å²) in [6, 6.07) is 10.3. The van der Waals surface area contributed by atoms with Crippen LogP contribution in [0.1, 0.15) is 9.67 Å². The molecule has 27 heavy (non-hydrogen) atoms. The molecule has 0 aliphatic carbocycles. The van der Waals surface area contributed by atoms with Gasteiger partial charge in [0.2, 0.25) is 0 Å². The zero-order valence-electron chi connectivity index (χ0n) is 13.4. The van der Waals surface area contributed by atoms with Gasteiger partial charge in [0.1, 0.15) is 4.88 Å². The van der Waals surface area contributed by atoms with Crippen LogP contribution in [0.15, 0.2) is 42.5 Å². The van der Waals surface area contributed by atoms with Crippen LogP contribution in [0.5, 0.6) is 0 Å². The Kier molecular flexibility index (Phi) is 5.59. The Bertz CT molecular complexity index is 1050. The van der Waals surface area contributed by atoms with Crippen molar-refractivity contribution in [2.45, 2.75) is 0 Å². The lowest BCUT2D eigenvalue weighted by molar-refractivity contribution is -0.384. The normalized spacial score (nSPS) is 10.6. The molecule has 0 atom stereocenters. The number of fused-ring (bicyclic) bond motifs is 1. The number of hydrogen-bond acceptors (Lipinski definition) is 6. The molecule has 7 nitrogen and oxygen atoms in total. The number of carbonyl (C=O) groups is 2. The fraction of sp³-hybridized carbons (Fsp3) is 0.0588. The summed E-state index contributed by atoms with van der Waals surface area (Å²) >= 11 is 13.2. The fourth-order valence-electron chi connectivity index (χ4n) is 2.23. The zero-order chi connectivity index (χ0) is 19.6. The summed E-state index contributed by atoms with van der Waals surface area (Å²) in [5, 5.41) is 14.5. The topological polar surface area (TPSA) is 98.5 Å². The monoisotopic (exact) mass is 424 g/mol. The summed E-state index contributed by atoms with van der Waals surface area (Å²) in [6.07, 6.45) is 0. The number of nitro groups is 1. The molecule has 2 aromatic carbocycles. The van der Waals surface area contributed by atoms with Crippen LogP contribution in [0, 0.1) is 10.1 Å². The average molecular weight is 425 g/mol. The first-order valence-electron chi connectivity index (χ1n) is 7.44. The van der Waals surface area contributed by atoms with Crippen molar-refractivity contribution < 1.29 is 19.2 Å². The average Bonchev–Trinajstić information content (AvgIpc) is 2.96. The van der Waals surface area contributed by atoms with E-state index in [0.29, 0.717) is 16.1 Å². The molecule has 0 saturated heterocycles. The molecule has 1 amide bonds. The minimum absolute atomic E-state index is 0.0982. The fourth-order valence-corrected chi connectivity index (χ4v) is 3.91. The van der Waals surface area contributed by atoms with Gasteiger partial charge in [-0.3, -0.25) is 14.9 Å². The molecule has 0 aliphatic heterocycles. The number of non-ortho nitro benzene ring substituents is 1. The lowest BCUT2D eigenvalue weighted by Crippen LogP contribution is -2.20. The highest BCUT2D eigenvalue weighted by atomic mass is 35.5. The summed E-state index contributed by atoms with van der Waals surface area (Å²) in [4.78, 5) is 34.3. The molecule has 3 rings (SSSR count). The number of amides is 1. The molecule has 138 valence electrons. The highest BCUT2D eigenvalue weighted by Gasteiger charge is 2.19. The molecule has 0 bridgehead atoms. The van der Waals surface area contributed by atoms with Crippen molar-refractivity contribution in [1.82, 2.24) is 0 Å². The first-order chi connectivity index (χ1) is 12.8. The number of nitro benzene ring substituents is 1. The van der Waals surface area contributed by atoms with Crippen molar-refractivity contribution in [2.24, 2.45) is 0 Å². The molecule has 0 saturated carbocycles. The van der Waals surface area contributed by atoms with Crippen molar-refractivity contribution in [1.29, 1.82) is 0 Å².